The van der Waals surface area contributed by atoms with Gasteiger partial charge in [0.15, 0.2) is 5.76 Å². The van der Waals surface area contributed by atoms with Gasteiger partial charge in [-0.25, -0.2) is 9.78 Å². The summed E-state index contributed by atoms with van der Waals surface area (Å²) in [4.78, 5) is 16.2. The lowest BCUT2D eigenvalue weighted by Gasteiger charge is -2.08. The van der Waals surface area contributed by atoms with E-state index in [0.717, 1.165) is 5.56 Å². The lowest BCUT2D eigenvalue weighted by Crippen LogP contribution is -2.28. The van der Waals surface area contributed by atoms with E-state index in [9.17, 15) is 4.79 Å². The number of urea groups is 1. The summed E-state index contributed by atoms with van der Waals surface area (Å²) in [5.74, 6) is 1.75. The molecule has 0 aliphatic rings. The number of hydrogen-bond acceptors (Lipinski definition) is 4. The summed E-state index contributed by atoms with van der Waals surface area (Å²) in [6, 6.07) is 16.4. The molecule has 2 N–H and O–H groups in total. The number of aromatic nitrogens is 1. The fourth-order valence-corrected chi connectivity index (χ4v) is 2.28. The molecular weight excluding hydrogens is 330 g/mol. The van der Waals surface area contributed by atoms with E-state index < -0.39 is 0 Å². The van der Waals surface area contributed by atoms with Crippen LogP contribution in [-0.4, -0.2) is 17.6 Å². The Kier molecular flexibility index (Phi) is 5.67. The van der Waals surface area contributed by atoms with Gasteiger partial charge in [0.1, 0.15) is 12.4 Å². The van der Waals surface area contributed by atoms with Gasteiger partial charge in [-0.05, 0) is 12.1 Å². The van der Waals surface area contributed by atoms with Gasteiger partial charge in [0, 0.05) is 17.3 Å². The van der Waals surface area contributed by atoms with Crippen molar-refractivity contribution in [1.82, 2.24) is 10.3 Å². The number of carbonyl (C=O) groups is 1. The van der Waals surface area contributed by atoms with E-state index in [-0.39, 0.29) is 12.6 Å². The van der Waals surface area contributed by atoms with E-state index in [1.54, 1.807) is 30.5 Å². The van der Waals surface area contributed by atoms with Crippen molar-refractivity contribution in [3.8, 4) is 17.1 Å². The predicted molar refractivity (Wildman–Crippen MR) is 99.9 cm³/mol. The van der Waals surface area contributed by atoms with Crippen molar-refractivity contribution < 1.29 is 13.9 Å². The van der Waals surface area contributed by atoms with Crippen LogP contribution in [-0.2, 0) is 6.54 Å². The molecule has 3 rings (SSSR count). The van der Waals surface area contributed by atoms with Gasteiger partial charge in [0.2, 0.25) is 5.89 Å². The SMILES string of the molecule is C=CCOc1cccc(NC(=O)NCc2ncc(-c3ccccc3)o2)c1. The number of ether oxygens (including phenoxy) is 1. The van der Waals surface area contributed by atoms with E-state index in [1.165, 1.54) is 0 Å². The van der Waals surface area contributed by atoms with Crippen LogP contribution in [0.25, 0.3) is 11.3 Å². The zero-order valence-corrected chi connectivity index (χ0v) is 14.1. The maximum Gasteiger partial charge on any atom is 0.319 e. The zero-order valence-electron chi connectivity index (χ0n) is 14.1. The second-order valence-corrected chi connectivity index (χ2v) is 5.42. The second-order valence-electron chi connectivity index (χ2n) is 5.42. The van der Waals surface area contributed by atoms with E-state index >= 15 is 0 Å². The maximum atomic E-state index is 12.0. The number of anilines is 1. The van der Waals surface area contributed by atoms with E-state index in [0.29, 0.717) is 29.7 Å². The molecule has 0 saturated carbocycles. The number of oxazole rings is 1. The molecule has 3 aromatic rings. The highest BCUT2D eigenvalue weighted by Crippen LogP contribution is 2.20. The van der Waals surface area contributed by atoms with Crippen molar-refractivity contribution in [3.63, 3.8) is 0 Å². The first kappa shape index (κ1) is 17.3. The first-order chi connectivity index (χ1) is 12.7. The molecule has 0 saturated heterocycles. The van der Waals surface area contributed by atoms with Crippen LogP contribution in [0.15, 0.2) is 77.9 Å². The molecule has 2 aromatic carbocycles. The van der Waals surface area contributed by atoms with E-state index in [2.05, 4.69) is 22.2 Å². The summed E-state index contributed by atoms with van der Waals surface area (Å²) >= 11 is 0. The molecule has 0 spiro atoms. The van der Waals surface area contributed by atoms with E-state index in [4.69, 9.17) is 9.15 Å². The molecule has 0 radical (unpaired) electrons. The standard InChI is InChI=1S/C20H19N3O3/c1-2-11-25-17-10-6-9-16(12-17)23-20(24)22-14-19-21-13-18(26-19)15-7-4-3-5-8-15/h2-10,12-13H,1,11,14H2,(H2,22,23,24). The fourth-order valence-electron chi connectivity index (χ4n) is 2.28. The topological polar surface area (TPSA) is 76.4 Å². The van der Waals surface area contributed by atoms with Crippen molar-refractivity contribution in [2.75, 3.05) is 11.9 Å². The molecule has 1 heterocycles. The highest BCUT2D eigenvalue weighted by molar-refractivity contribution is 5.89. The summed E-state index contributed by atoms with van der Waals surface area (Å²) in [6.45, 7) is 4.19. The van der Waals surface area contributed by atoms with Crippen LogP contribution in [0.5, 0.6) is 5.75 Å². The molecule has 6 nitrogen and oxygen atoms in total. The molecule has 0 atom stereocenters. The lowest BCUT2D eigenvalue weighted by molar-refractivity contribution is 0.250. The van der Waals surface area contributed by atoms with Crippen LogP contribution in [0, 0.1) is 0 Å². The van der Waals surface area contributed by atoms with Gasteiger partial charge in [-0.15, -0.1) is 0 Å². The number of amides is 2. The van der Waals surface area contributed by atoms with Crippen molar-refractivity contribution in [2.45, 2.75) is 6.54 Å². The highest BCUT2D eigenvalue weighted by Gasteiger charge is 2.08. The maximum absolute atomic E-state index is 12.0. The third kappa shape index (κ3) is 4.73. The summed E-state index contributed by atoms with van der Waals surface area (Å²) < 4.78 is 11.1. The third-order valence-electron chi connectivity index (χ3n) is 3.47. The molecule has 26 heavy (non-hydrogen) atoms. The molecule has 2 amide bonds. The molecule has 0 unspecified atom stereocenters. The van der Waals surface area contributed by atoms with Crippen LogP contribution in [0.1, 0.15) is 5.89 Å². The summed E-state index contributed by atoms with van der Waals surface area (Å²) in [5.41, 5.74) is 1.56. The van der Waals surface area contributed by atoms with Gasteiger partial charge in [0.05, 0.1) is 12.7 Å². The van der Waals surface area contributed by atoms with Gasteiger partial charge < -0.3 is 19.8 Å². The Labute approximate surface area is 151 Å². The third-order valence-corrected chi connectivity index (χ3v) is 3.47. The number of rotatable bonds is 7. The molecule has 0 bridgehead atoms. The fraction of sp³-hybridized carbons (Fsp3) is 0.100. The predicted octanol–water partition coefficient (Wildman–Crippen LogP) is 4.23. The van der Waals surface area contributed by atoms with Crippen molar-refractivity contribution in [2.24, 2.45) is 0 Å². The minimum Gasteiger partial charge on any atom is -0.489 e. The number of carbonyl (C=O) groups excluding carboxylic acids is 1. The highest BCUT2D eigenvalue weighted by atomic mass is 16.5. The van der Waals surface area contributed by atoms with Crippen molar-refractivity contribution >= 4 is 11.7 Å². The average molecular weight is 349 g/mol. The first-order valence-corrected chi connectivity index (χ1v) is 8.13. The average Bonchev–Trinajstić information content (AvgIpc) is 3.15. The molecule has 132 valence electrons. The number of nitrogens with one attached hydrogen (secondary N) is 2. The monoisotopic (exact) mass is 349 g/mol. The quantitative estimate of drug-likeness (QED) is 0.626. The van der Waals surface area contributed by atoms with Gasteiger partial charge >= 0.3 is 6.03 Å². The second kappa shape index (κ2) is 8.53. The minimum atomic E-state index is -0.356. The summed E-state index contributed by atoms with van der Waals surface area (Å²) in [6.07, 6.45) is 3.30. The van der Waals surface area contributed by atoms with Crippen LogP contribution < -0.4 is 15.4 Å². The minimum absolute atomic E-state index is 0.186. The number of benzene rings is 2. The smallest absolute Gasteiger partial charge is 0.319 e. The van der Waals surface area contributed by atoms with Crippen LogP contribution >= 0.6 is 0 Å². The van der Waals surface area contributed by atoms with Gasteiger partial charge in [0.25, 0.3) is 0 Å². The summed E-state index contributed by atoms with van der Waals surface area (Å²) in [5, 5.41) is 5.45. The molecule has 6 heteroatoms. The Morgan fingerprint density at radius 3 is 2.85 bits per heavy atom. The van der Waals surface area contributed by atoms with E-state index in [1.807, 2.05) is 36.4 Å². The molecular formula is C20H19N3O3. The van der Waals surface area contributed by atoms with Crippen molar-refractivity contribution in [1.29, 1.82) is 0 Å². The normalized spacial score (nSPS) is 10.2. The Morgan fingerprint density at radius 2 is 2.04 bits per heavy atom. The number of hydrogen-bond donors (Lipinski definition) is 2. The van der Waals surface area contributed by atoms with Crippen LogP contribution in [0.2, 0.25) is 0 Å². The first-order valence-electron chi connectivity index (χ1n) is 8.13. The largest absolute Gasteiger partial charge is 0.489 e. The molecule has 1 aromatic heterocycles. The Balaban J connectivity index is 1.53. The Hall–Kier alpha value is -3.54. The van der Waals surface area contributed by atoms with Gasteiger partial charge in [-0.3, -0.25) is 0 Å². The van der Waals surface area contributed by atoms with Crippen LogP contribution in [0.3, 0.4) is 0 Å². The Bertz CT molecular complexity index is 875. The molecule has 0 aliphatic carbocycles. The Morgan fingerprint density at radius 1 is 1.19 bits per heavy atom. The lowest BCUT2D eigenvalue weighted by atomic mass is 10.2. The molecule has 0 aliphatic heterocycles. The van der Waals surface area contributed by atoms with Crippen molar-refractivity contribution in [3.05, 3.63) is 79.3 Å². The van der Waals surface area contributed by atoms with Gasteiger partial charge in [-0.1, -0.05) is 49.1 Å². The van der Waals surface area contributed by atoms with Gasteiger partial charge in [-0.2, -0.15) is 0 Å². The summed E-state index contributed by atoms with van der Waals surface area (Å²) in [7, 11) is 0. The zero-order chi connectivity index (χ0) is 18.2. The number of nitrogens with zero attached hydrogens (tertiary/aromatic N) is 1. The van der Waals surface area contributed by atoms with Crippen LogP contribution in [0.4, 0.5) is 10.5 Å². The molecule has 0 fully saturated rings.